The van der Waals surface area contributed by atoms with E-state index in [1.165, 1.54) is 6.08 Å². The minimum atomic E-state index is -0.333. The maximum absolute atomic E-state index is 12.3. The van der Waals surface area contributed by atoms with Crippen molar-refractivity contribution in [1.29, 1.82) is 0 Å². The third-order valence-electron chi connectivity index (χ3n) is 4.88. The van der Waals surface area contributed by atoms with Crippen molar-refractivity contribution in [2.24, 2.45) is 5.10 Å². The molecule has 0 atom stereocenters. The predicted molar refractivity (Wildman–Crippen MR) is 123 cm³/mol. The number of nitrogens with one attached hydrogen (secondary N) is 2. The lowest BCUT2D eigenvalue weighted by Gasteiger charge is -2.07. The Morgan fingerprint density at radius 1 is 0.774 bits per heavy atom. The van der Waals surface area contributed by atoms with Crippen LogP contribution in [0.2, 0.25) is 0 Å². The highest BCUT2D eigenvalue weighted by atomic mass is 16.2. The molecule has 4 rings (SSSR count). The Hall–Kier alpha value is -3.99. The zero-order chi connectivity index (χ0) is 21.5. The fourth-order valence-corrected chi connectivity index (χ4v) is 3.05. The second-order valence-corrected chi connectivity index (χ2v) is 7.37. The van der Waals surface area contributed by atoms with Crippen LogP contribution in [0.5, 0.6) is 0 Å². The molecule has 5 nitrogen and oxygen atoms in total. The zero-order valence-corrected chi connectivity index (χ0v) is 17.0. The number of hydrogen-bond donors (Lipinski definition) is 2. The first-order valence-electron chi connectivity index (χ1n) is 10.3. The Balaban J connectivity index is 1.42. The lowest BCUT2D eigenvalue weighted by Crippen LogP contribution is -2.25. The molecule has 0 heterocycles. The Labute approximate surface area is 181 Å². The minimum absolute atomic E-state index is 0.0561. The average molecular weight is 409 g/mol. The van der Waals surface area contributed by atoms with Crippen LogP contribution in [0.1, 0.15) is 39.9 Å². The van der Waals surface area contributed by atoms with Crippen LogP contribution in [-0.2, 0) is 4.79 Å². The number of rotatable bonds is 7. The zero-order valence-electron chi connectivity index (χ0n) is 17.0. The molecule has 0 aliphatic heterocycles. The third-order valence-corrected chi connectivity index (χ3v) is 4.88. The summed E-state index contributed by atoms with van der Waals surface area (Å²) < 4.78 is 0. The summed E-state index contributed by atoms with van der Waals surface area (Å²) in [7, 11) is 0. The molecule has 2 N–H and O–H groups in total. The molecule has 5 heteroatoms. The second kappa shape index (κ2) is 9.67. The lowest BCUT2D eigenvalue weighted by atomic mass is 10.0. The number of amides is 2. The normalized spacial score (nSPS) is 12.9. The van der Waals surface area contributed by atoms with E-state index in [2.05, 4.69) is 15.8 Å². The van der Waals surface area contributed by atoms with E-state index in [0.29, 0.717) is 17.3 Å². The molecule has 2 amide bonds. The standard InChI is InChI=1S/C26H23N3O2/c30-24(18-13-19-11-14-22(15-12-19)26(31)27-23-16-17-23)28-29-25(20-7-3-1-4-8-20)21-9-5-2-6-10-21/h1-15,18,23H,16-17H2,(H,27,31)(H,28,30)/b18-13+. The molecule has 0 radical (unpaired) electrons. The average Bonchev–Trinajstić information content (AvgIpc) is 3.63. The summed E-state index contributed by atoms with van der Waals surface area (Å²) in [5.41, 5.74) is 6.57. The molecule has 1 fully saturated rings. The van der Waals surface area contributed by atoms with Gasteiger partial charge in [-0.15, -0.1) is 0 Å². The largest absolute Gasteiger partial charge is 0.349 e. The fourth-order valence-electron chi connectivity index (χ4n) is 3.05. The van der Waals surface area contributed by atoms with Crippen molar-refractivity contribution >= 4 is 23.6 Å². The number of hydrogen-bond acceptors (Lipinski definition) is 3. The Morgan fingerprint density at radius 2 is 1.35 bits per heavy atom. The molecule has 0 aromatic heterocycles. The molecular weight excluding hydrogens is 386 g/mol. The number of benzene rings is 3. The Kier molecular flexibility index (Phi) is 6.33. The number of carbonyl (C=O) groups excluding carboxylic acids is 2. The van der Waals surface area contributed by atoms with Crippen LogP contribution in [-0.4, -0.2) is 23.6 Å². The number of carbonyl (C=O) groups is 2. The first kappa shape index (κ1) is 20.3. The van der Waals surface area contributed by atoms with Crippen LogP contribution in [0, 0.1) is 0 Å². The van der Waals surface area contributed by atoms with Gasteiger partial charge in [0.25, 0.3) is 11.8 Å². The molecule has 0 unspecified atom stereocenters. The molecule has 3 aromatic carbocycles. The summed E-state index contributed by atoms with van der Waals surface area (Å²) in [6, 6.07) is 26.9. The van der Waals surface area contributed by atoms with Gasteiger partial charge in [-0.05, 0) is 36.6 Å². The molecule has 154 valence electrons. The van der Waals surface area contributed by atoms with Gasteiger partial charge in [-0.25, -0.2) is 5.43 Å². The first-order valence-corrected chi connectivity index (χ1v) is 10.3. The van der Waals surface area contributed by atoms with Gasteiger partial charge in [-0.3, -0.25) is 9.59 Å². The third kappa shape index (κ3) is 5.76. The highest BCUT2D eigenvalue weighted by molar-refractivity contribution is 6.13. The first-order chi connectivity index (χ1) is 15.2. The summed E-state index contributed by atoms with van der Waals surface area (Å²) in [6.45, 7) is 0. The summed E-state index contributed by atoms with van der Waals surface area (Å²) in [5, 5.41) is 7.32. The van der Waals surface area contributed by atoms with E-state index in [9.17, 15) is 9.59 Å². The Bertz CT molecular complexity index is 1060. The summed E-state index contributed by atoms with van der Waals surface area (Å²) in [4.78, 5) is 24.4. The predicted octanol–water partition coefficient (Wildman–Crippen LogP) is 4.16. The van der Waals surface area contributed by atoms with Gasteiger partial charge in [0.05, 0.1) is 5.71 Å². The van der Waals surface area contributed by atoms with Crippen molar-refractivity contribution in [1.82, 2.24) is 10.7 Å². The van der Waals surface area contributed by atoms with Crippen LogP contribution in [0.25, 0.3) is 6.08 Å². The van der Waals surface area contributed by atoms with Gasteiger partial charge in [0.2, 0.25) is 0 Å². The highest BCUT2D eigenvalue weighted by Crippen LogP contribution is 2.19. The van der Waals surface area contributed by atoms with Crippen LogP contribution in [0.4, 0.5) is 0 Å². The molecule has 0 spiro atoms. The highest BCUT2D eigenvalue weighted by Gasteiger charge is 2.23. The van der Waals surface area contributed by atoms with Gasteiger partial charge >= 0.3 is 0 Å². The van der Waals surface area contributed by atoms with E-state index in [-0.39, 0.29) is 11.8 Å². The topological polar surface area (TPSA) is 70.6 Å². The van der Waals surface area contributed by atoms with E-state index in [0.717, 1.165) is 29.5 Å². The Morgan fingerprint density at radius 3 is 1.90 bits per heavy atom. The van der Waals surface area contributed by atoms with E-state index in [4.69, 9.17) is 0 Å². The maximum atomic E-state index is 12.3. The number of hydrazone groups is 1. The van der Waals surface area contributed by atoms with Crippen LogP contribution in [0.15, 0.2) is 96.1 Å². The van der Waals surface area contributed by atoms with Crippen molar-refractivity contribution in [3.8, 4) is 0 Å². The van der Waals surface area contributed by atoms with E-state index >= 15 is 0 Å². The van der Waals surface area contributed by atoms with Crippen LogP contribution < -0.4 is 10.7 Å². The van der Waals surface area contributed by atoms with Gasteiger partial charge in [-0.2, -0.15) is 5.10 Å². The van der Waals surface area contributed by atoms with E-state index in [1.807, 2.05) is 72.8 Å². The van der Waals surface area contributed by atoms with Crippen LogP contribution >= 0.6 is 0 Å². The summed E-state index contributed by atoms with van der Waals surface area (Å²) in [6.07, 6.45) is 5.23. The fraction of sp³-hybridized carbons (Fsp3) is 0.115. The van der Waals surface area contributed by atoms with Crippen molar-refractivity contribution in [2.45, 2.75) is 18.9 Å². The SMILES string of the molecule is O=C(/C=C/c1ccc(C(=O)NC2CC2)cc1)NN=C(c1ccccc1)c1ccccc1. The van der Waals surface area contributed by atoms with E-state index < -0.39 is 0 Å². The van der Waals surface area contributed by atoms with Gasteiger partial charge in [-0.1, -0.05) is 72.8 Å². The molecule has 3 aromatic rings. The second-order valence-electron chi connectivity index (χ2n) is 7.37. The quantitative estimate of drug-likeness (QED) is 0.349. The van der Waals surface area contributed by atoms with Gasteiger partial charge in [0.1, 0.15) is 0 Å². The van der Waals surface area contributed by atoms with E-state index in [1.54, 1.807) is 18.2 Å². The maximum Gasteiger partial charge on any atom is 0.264 e. The molecule has 0 bridgehead atoms. The van der Waals surface area contributed by atoms with Crippen molar-refractivity contribution in [3.05, 3.63) is 113 Å². The smallest absolute Gasteiger partial charge is 0.264 e. The van der Waals surface area contributed by atoms with Crippen molar-refractivity contribution in [3.63, 3.8) is 0 Å². The van der Waals surface area contributed by atoms with Crippen molar-refractivity contribution < 1.29 is 9.59 Å². The minimum Gasteiger partial charge on any atom is -0.349 e. The lowest BCUT2D eigenvalue weighted by molar-refractivity contribution is -0.116. The van der Waals surface area contributed by atoms with Gasteiger partial charge in [0, 0.05) is 28.8 Å². The molecule has 31 heavy (non-hydrogen) atoms. The molecule has 0 saturated heterocycles. The van der Waals surface area contributed by atoms with Gasteiger partial charge < -0.3 is 5.32 Å². The van der Waals surface area contributed by atoms with Crippen LogP contribution in [0.3, 0.4) is 0 Å². The molecule has 1 aliphatic rings. The van der Waals surface area contributed by atoms with Crippen molar-refractivity contribution in [2.75, 3.05) is 0 Å². The summed E-state index contributed by atoms with van der Waals surface area (Å²) >= 11 is 0. The summed E-state index contributed by atoms with van der Waals surface area (Å²) in [5.74, 6) is -0.389. The van der Waals surface area contributed by atoms with Gasteiger partial charge in [0.15, 0.2) is 0 Å². The molecular formula is C26H23N3O2. The molecule has 1 saturated carbocycles. The number of nitrogens with zero attached hydrogens (tertiary/aromatic N) is 1. The molecule has 1 aliphatic carbocycles. The monoisotopic (exact) mass is 409 g/mol.